The summed E-state index contributed by atoms with van der Waals surface area (Å²) in [5.41, 5.74) is 1.18. The van der Waals surface area contributed by atoms with Crippen molar-refractivity contribution in [1.82, 2.24) is 25.7 Å². The predicted octanol–water partition coefficient (Wildman–Crippen LogP) is 1.43. The van der Waals surface area contributed by atoms with Crippen molar-refractivity contribution in [2.75, 3.05) is 26.7 Å². The summed E-state index contributed by atoms with van der Waals surface area (Å²) in [4.78, 5) is 18.9. The Morgan fingerprint density at radius 1 is 1.31 bits per heavy atom. The number of nitrogens with zero attached hydrogens (tertiary/aromatic N) is 3. The van der Waals surface area contributed by atoms with Crippen LogP contribution in [0, 0.1) is 5.41 Å². The lowest BCUT2D eigenvalue weighted by Gasteiger charge is -2.33. The maximum Gasteiger partial charge on any atom is 0.246 e. The van der Waals surface area contributed by atoms with Crippen LogP contribution >= 0.6 is 0 Å². The number of amides is 1. The Kier molecular flexibility index (Phi) is 4.74. The van der Waals surface area contributed by atoms with E-state index in [4.69, 9.17) is 4.52 Å². The second-order valence-corrected chi connectivity index (χ2v) is 7.46. The minimum absolute atomic E-state index is 0.0971. The van der Waals surface area contributed by atoms with Gasteiger partial charge in [-0.15, -0.1) is 0 Å². The van der Waals surface area contributed by atoms with Crippen LogP contribution in [0.15, 0.2) is 34.9 Å². The molecule has 26 heavy (non-hydrogen) atoms. The van der Waals surface area contributed by atoms with E-state index in [9.17, 15) is 4.79 Å². The molecule has 3 heterocycles. The Morgan fingerprint density at radius 2 is 2.08 bits per heavy atom. The molecule has 7 nitrogen and oxygen atoms in total. The number of rotatable bonds is 4. The predicted molar refractivity (Wildman–Crippen MR) is 97.2 cm³/mol. The molecule has 0 saturated carbocycles. The molecule has 1 aromatic carbocycles. The summed E-state index contributed by atoms with van der Waals surface area (Å²) in [6.07, 6.45) is 3.19. The second-order valence-electron chi connectivity index (χ2n) is 7.46. The molecule has 0 radical (unpaired) electrons. The number of likely N-dealkylation sites (N-methyl/N-ethyl adjacent to an activating group) is 1. The zero-order chi connectivity index (χ0) is 18.0. The molecule has 2 saturated heterocycles. The quantitative estimate of drug-likeness (QED) is 0.863. The molecular formula is C19H25N5O2. The molecule has 2 aromatic rings. The standard InChI is InChI=1S/C19H25N5O2/c1-24(12-16-22-17(23-26-16)14-5-3-2-4-6-14)18(25)15-11-19(13-21-15)7-9-20-10-8-19/h2-6,15,20-21H,7-13H2,1H3. The van der Waals surface area contributed by atoms with Crippen LogP contribution in [0.25, 0.3) is 11.4 Å². The Balaban J connectivity index is 1.37. The van der Waals surface area contributed by atoms with Crippen molar-refractivity contribution in [2.45, 2.75) is 31.8 Å². The Bertz CT molecular complexity index is 754. The van der Waals surface area contributed by atoms with E-state index in [0.717, 1.165) is 44.5 Å². The minimum atomic E-state index is -0.116. The van der Waals surface area contributed by atoms with Gasteiger partial charge in [0.15, 0.2) is 0 Å². The minimum Gasteiger partial charge on any atom is -0.337 e. The Morgan fingerprint density at radius 3 is 2.85 bits per heavy atom. The molecule has 1 amide bonds. The van der Waals surface area contributed by atoms with Crippen molar-refractivity contribution in [3.63, 3.8) is 0 Å². The molecule has 0 bridgehead atoms. The number of piperidine rings is 1. The van der Waals surface area contributed by atoms with E-state index in [0.29, 0.717) is 18.3 Å². The van der Waals surface area contributed by atoms with Crippen molar-refractivity contribution in [1.29, 1.82) is 0 Å². The zero-order valence-corrected chi connectivity index (χ0v) is 15.1. The van der Waals surface area contributed by atoms with Gasteiger partial charge in [-0.3, -0.25) is 4.79 Å². The molecule has 0 aliphatic carbocycles. The normalized spacial score (nSPS) is 21.8. The van der Waals surface area contributed by atoms with E-state index in [1.54, 1.807) is 11.9 Å². The molecule has 2 aliphatic rings. The van der Waals surface area contributed by atoms with E-state index in [1.165, 1.54) is 0 Å². The van der Waals surface area contributed by atoms with Gasteiger partial charge in [-0.1, -0.05) is 35.5 Å². The van der Waals surface area contributed by atoms with Crippen LogP contribution in [0.5, 0.6) is 0 Å². The van der Waals surface area contributed by atoms with Gasteiger partial charge in [-0.2, -0.15) is 4.98 Å². The molecule has 2 N–H and O–H groups in total. The summed E-state index contributed by atoms with van der Waals surface area (Å²) in [6.45, 7) is 3.34. The molecule has 7 heteroatoms. The summed E-state index contributed by atoms with van der Waals surface area (Å²) < 4.78 is 5.33. The molecule has 1 atom stereocenters. The molecule has 1 spiro atoms. The summed E-state index contributed by atoms with van der Waals surface area (Å²) in [7, 11) is 1.80. The van der Waals surface area contributed by atoms with E-state index >= 15 is 0 Å². The van der Waals surface area contributed by atoms with Gasteiger partial charge < -0.3 is 20.1 Å². The smallest absolute Gasteiger partial charge is 0.246 e. The lowest BCUT2D eigenvalue weighted by atomic mass is 9.77. The highest BCUT2D eigenvalue weighted by Crippen LogP contribution is 2.37. The summed E-state index contributed by atoms with van der Waals surface area (Å²) in [5.74, 6) is 1.10. The highest BCUT2D eigenvalue weighted by molar-refractivity contribution is 5.82. The number of nitrogens with one attached hydrogen (secondary N) is 2. The van der Waals surface area contributed by atoms with Crippen LogP contribution in [0.4, 0.5) is 0 Å². The van der Waals surface area contributed by atoms with Gasteiger partial charge >= 0.3 is 0 Å². The number of aromatic nitrogens is 2. The highest BCUT2D eigenvalue weighted by Gasteiger charge is 2.42. The molecule has 2 aliphatic heterocycles. The van der Waals surface area contributed by atoms with Gasteiger partial charge in [0.1, 0.15) is 0 Å². The van der Waals surface area contributed by atoms with Crippen molar-refractivity contribution >= 4 is 5.91 Å². The van der Waals surface area contributed by atoms with Crippen molar-refractivity contribution in [3.05, 3.63) is 36.2 Å². The maximum absolute atomic E-state index is 12.8. The van der Waals surface area contributed by atoms with Gasteiger partial charge in [-0.25, -0.2) is 0 Å². The van der Waals surface area contributed by atoms with E-state index < -0.39 is 0 Å². The number of carbonyl (C=O) groups excluding carboxylic acids is 1. The summed E-state index contributed by atoms with van der Waals surface area (Å²) in [5, 5.41) is 10.8. The van der Waals surface area contributed by atoms with E-state index in [2.05, 4.69) is 20.8 Å². The van der Waals surface area contributed by atoms with Gasteiger partial charge in [-0.05, 0) is 37.8 Å². The SMILES string of the molecule is CN(Cc1nc(-c2ccccc2)no1)C(=O)C1CC2(CCNCC2)CN1. The molecule has 4 rings (SSSR count). The number of carbonyl (C=O) groups is 1. The van der Waals surface area contributed by atoms with Crippen LogP contribution in [0.1, 0.15) is 25.2 Å². The number of benzene rings is 1. The largest absolute Gasteiger partial charge is 0.337 e. The van der Waals surface area contributed by atoms with Gasteiger partial charge in [0.2, 0.25) is 17.6 Å². The van der Waals surface area contributed by atoms with Crippen molar-refractivity contribution < 1.29 is 9.32 Å². The summed E-state index contributed by atoms with van der Waals surface area (Å²) in [6, 6.07) is 9.57. The van der Waals surface area contributed by atoms with E-state index in [1.807, 2.05) is 30.3 Å². The molecule has 1 aromatic heterocycles. The Hall–Kier alpha value is -2.25. The average molecular weight is 355 g/mol. The fraction of sp³-hybridized carbons (Fsp3) is 0.526. The first-order valence-corrected chi connectivity index (χ1v) is 9.22. The fourth-order valence-electron chi connectivity index (χ4n) is 4.00. The van der Waals surface area contributed by atoms with Crippen LogP contribution in [-0.4, -0.2) is 53.7 Å². The third-order valence-electron chi connectivity index (χ3n) is 5.57. The van der Waals surface area contributed by atoms with Crippen LogP contribution in [0.3, 0.4) is 0 Å². The average Bonchev–Trinajstić information content (AvgIpc) is 3.30. The third kappa shape index (κ3) is 3.50. The topological polar surface area (TPSA) is 83.3 Å². The number of hydrogen-bond donors (Lipinski definition) is 2. The second kappa shape index (κ2) is 7.17. The van der Waals surface area contributed by atoms with Crippen LogP contribution in [-0.2, 0) is 11.3 Å². The summed E-state index contributed by atoms with van der Waals surface area (Å²) >= 11 is 0. The first-order chi connectivity index (χ1) is 12.7. The van der Waals surface area contributed by atoms with Gasteiger partial charge in [0.05, 0.1) is 12.6 Å². The third-order valence-corrected chi connectivity index (χ3v) is 5.57. The zero-order valence-electron chi connectivity index (χ0n) is 15.1. The fourth-order valence-corrected chi connectivity index (χ4v) is 4.00. The number of hydrogen-bond acceptors (Lipinski definition) is 6. The van der Waals surface area contributed by atoms with Gasteiger partial charge in [0, 0.05) is 19.2 Å². The van der Waals surface area contributed by atoms with E-state index in [-0.39, 0.29) is 17.4 Å². The monoisotopic (exact) mass is 355 g/mol. The maximum atomic E-state index is 12.8. The molecule has 1 unspecified atom stereocenters. The van der Waals surface area contributed by atoms with Crippen LogP contribution < -0.4 is 10.6 Å². The lowest BCUT2D eigenvalue weighted by Crippen LogP contribution is -2.41. The lowest BCUT2D eigenvalue weighted by molar-refractivity contribution is -0.132. The van der Waals surface area contributed by atoms with Crippen LogP contribution in [0.2, 0.25) is 0 Å². The molecular weight excluding hydrogens is 330 g/mol. The van der Waals surface area contributed by atoms with Crippen molar-refractivity contribution in [3.8, 4) is 11.4 Å². The van der Waals surface area contributed by atoms with Gasteiger partial charge in [0.25, 0.3) is 0 Å². The first-order valence-electron chi connectivity index (χ1n) is 9.22. The van der Waals surface area contributed by atoms with Crippen molar-refractivity contribution in [2.24, 2.45) is 5.41 Å². The molecule has 2 fully saturated rings. The first kappa shape index (κ1) is 17.2. The molecule has 138 valence electrons. The highest BCUT2D eigenvalue weighted by atomic mass is 16.5. The Labute approximate surface area is 153 Å².